The second-order valence-electron chi connectivity index (χ2n) is 5.64. The molecule has 2 aromatic heterocycles. The Bertz CT molecular complexity index is 996. The topological polar surface area (TPSA) is 60.0 Å². The minimum Gasteiger partial charge on any atom is -0.382 e. The van der Waals surface area contributed by atoms with Crippen LogP contribution in [0.25, 0.3) is 11.4 Å². The zero-order valence-electron chi connectivity index (χ0n) is 13.5. The number of nitrogens with zero attached hydrogens (tertiary/aromatic N) is 3. The normalized spacial score (nSPS) is 13.1. The van der Waals surface area contributed by atoms with Crippen molar-refractivity contribution in [3.8, 4) is 11.4 Å². The smallest absolute Gasteiger partial charge is 0.382 e. The molecule has 0 saturated heterocycles. The molecule has 1 N–H and O–H groups in total. The van der Waals surface area contributed by atoms with Gasteiger partial charge in [-0.25, -0.2) is 9.48 Å². The number of aromatic nitrogens is 3. The van der Waals surface area contributed by atoms with E-state index in [1.165, 1.54) is 35.6 Å². The van der Waals surface area contributed by atoms with Crippen molar-refractivity contribution < 1.29 is 18.3 Å². The number of aliphatic hydroxyl groups is 1. The highest BCUT2D eigenvalue weighted by Gasteiger charge is 2.39. The van der Waals surface area contributed by atoms with Crippen LogP contribution in [0, 0.1) is 0 Å². The van der Waals surface area contributed by atoms with E-state index in [9.17, 15) is 23.1 Å². The Morgan fingerprint density at radius 3 is 2.37 bits per heavy atom. The fraction of sp³-hybridized carbons (Fsp3) is 0.250. The fourth-order valence-corrected chi connectivity index (χ4v) is 3.58. The molecule has 0 aliphatic heterocycles. The summed E-state index contributed by atoms with van der Waals surface area (Å²) in [6.07, 6.45) is -7.56. The zero-order chi connectivity index (χ0) is 19.8. The third-order valence-corrected chi connectivity index (χ3v) is 5.16. The summed E-state index contributed by atoms with van der Waals surface area (Å²) in [6.45, 7) is -0.919. The third kappa shape index (κ3) is 4.55. The summed E-state index contributed by atoms with van der Waals surface area (Å²) >= 11 is 12.9. The maximum atomic E-state index is 12.8. The van der Waals surface area contributed by atoms with Crippen molar-refractivity contribution in [3.63, 3.8) is 0 Å². The Hall–Kier alpha value is -1.81. The number of halogens is 5. The van der Waals surface area contributed by atoms with Gasteiger partial charge in [-0.3, -0.25) is 4.57 Å². The van der Waals surface area contributed by atoms with E-state index in [4.69, 9.17) is 23.2 Å². The first-order valence-corrected chi connectivity index (χ1v) is 9.15. The van der Waals surface area contributed by atoms with Crippen LogP contribution in [0.4, 0.5) is 13.2 Å². The van der Waals surface area contributed by atoms with Gasteiger partial charge >= 0.3 is 11.9 Å². The molecule has 5 nitrogen and oxygen atoms in total. The van der Waals surface area contributed by atoms with E-state index < -0.39 is 24.5 Å². The van der Waals surface area contributed by atoms with Crippen LogP contribution in [0.2, 0.25) is 9.36 Å². The van der Waals surface area contributed by atoms with Crippen molar-refractivity contribution >= 4 is 34.5 Å². The molecule has 144 valence electrons. The maximum Gasteiger partial charge on any atom is 0.416 e. The SMILES string of the molecule is O=c1n(Cc2ccc(Cl)s2)nc(-c2ccc(Cl)cc2)n1CC(O)C(F)(F)F. The molecular formula is C16H12Cl2F3N3O2S. The molecule has 0 saturated carbocycles. The summed E-state index contributed by atoms with van der Waals surface area (Å²) in [5, 5.41) is 14.0. The maximum absolute atomic E-state index is 12.8. The number of alkyl halides is 3. The Balaban J connectivity index is 2.05. The molecule has 0 aliphatic rings. The summed E-state index contributed by atoms with van der Waals surface area (Å²) < 4.78 is 40.7. The lowest BCUT2D eigenvalue weighted by molar-refractivity contribution is -0.207. The lowest BCUT2D eigenvalue weighted by Gasteiger charge is -2.15. The van der Waals surface area contributed by atoms with Crippen molar-refractivity contribution in [3.05, 3.63) is 61.1 Å². The van der Waals surface area contributed by atoms with E-state index in [1.807, 2.05) is 0 Å². The van der Waals surface area contributed by atoms with Crippen LogP contribution >= 0.6 is 34.5 Å². The number of hydrogen-bond donors (Lipinski definition) is 1. The Morgan fingerprint density at radius 2 is 1.81 bits per heavy atom. The van der Waals surface area contributed by atoms with Gasteiger partial charge in [0.15, 0.2) is 11.9 Å². The molecule has 0 aliphatic carbocycles. The summed E-state index contributed by atoms with van der Waals surface area (Å²) in [6, 6.07) is 9.48. The van der Waals surface area contributed by atoms with Gasteiger partial charge < -0.3 is 5.11 Å². The van der Waals surface area contributed by atoms with Crippen LogP contribution in [0.3, 0.4) is 0 Å². The standard InChI is InChI=1S/C16H12Cl2F3N3O2S/c17-10-3-1-9(2-4-10)14-22-24(7-11-5-6-13(18)27-11)15(26)23(14)8-12(25)16(19,20)21/h1-6,12,25H,7-8H2. The van der Waals surface area contributed by atoms with Gasteiger partial charge in [0.05, 0.1) is 17.4 Å². The summed E-state index contributed by atoms with van der Waals surface area (Å²) in [5.41, 5.74) is -0.374. The molecule has 1 aromatic carbocycles. The van der Waals surface area contributed by atoms with Crippen molar-refractivity contribution in [2.75, 3.05) is 0 Å². The quantitative estimate of drug-likeness (QED) is 0.654. The second-order valence-corrected chi connectivity index (χ2v) is 7.88. The molecule has 0 radical (unpaired) electrons. The molecule has 1 unspecified atom stereocenters. The molecular weight excluding hydrogens is 426 g/mol. The molecule has 1 atom stereocenters. The van der Waals surface area contributed by atoms with Gasteiger partial charge in [-0.15, -0.1) is 16.4 Å². The number of aliphatic hydroxyl groups excluding tert-OH is 1. The second kappa shape index (κ2) is 7.67. The Morgan fingerprint density at radius 1 is 1.15 bits per heavy atom. The van der Waals surface area contributed by atoms with Crippen LogP contribution in [-0.2, 0) is 13.1 Å². The van der Waals surface area contributed by atoms with Crippen molar-refractivity contribution in [2.24, 2.45) is 0 Å². The van der Waals surface area contributed by atoms with Crippen LogP contribution in [0.5, 0.6) is 0 Å². The van der Waals surface area contributed by atoms with Gasteiger partial charge in [0.2, 0.25) is 0 Å². The zero-order valence-corrected chi connectivity index (χ0v) is 15.8. The van der Waals surface area contributed by atoms with Gasteiger partial charge in [-0.05, 0) is 36.4 Å². The van der Waals surface area contributed by atoms with Gasteiger partial charge in [-0.2, -0.15) is 13.2 Å². The van der Waals surface area contributed by atoms with Crippen LogP contribution in [0.15, 0.2) is 41.2 Å². The highest BCUT2D eigenvalue weighted by molar-refractivity contribution is 7.16. The fourth-order valence-electron chi connectivity index (χ4n) is 2.38. The Labute approximate surface area is 165 Å². The lowest BCUT2D eigenvalue weighted by atomic mass is 10.2. The molecule has 3 rings (SSSR count). The Kier molecular flexibility index (Phi) is 5.66. The largest absolute Gasteiger partial charge is 0.416 e. The summed E-state index contributed by atoms with van der Waals surface area (Å²) in [5.74, 6) is 0.00243. The van der Waals surface area contributed by atoms with Crippen LogP contribution in [0.1, 0.15) is 4.88 Å². The monoisotopic (exact) mass is 437 g/mol. The van der Waals surface area contributed by atoms with Crippen LogP contribution < -0.4 is 5.69 Å². The average molecular weight is 438 g/mol. The number of rotatable bonds is 5. The highest BCUT2D eigenvalue weighted by Crippen LogP contribution is 2.25. The van der Waals surface area contributed by atoms with E-state index in [0.717, 1.165) is 9.25 Å². The predicted molar refractivity (Wildman–Crippen MR) is 97.4 cm³/mol. The summed E-state index contributed by atoms with van der Waals surface area (Å²) in [7, 11) is 0. The molecule has 0 amide bonds. The first-order chi connectivity index (χ1) is 12.6. The average Bonchev–Trinajstić information content (AvgIpc) is 3.13. The van der Waals surface area contributed by atoms with E-state index in [0.29, 0.717) is 19.8 Å². The minimum absolute atomic E-state index is 0.00243. The van der Waals surface area contributed by atoms with Crippen molar-refractivity contribution in [1.29, 1.82) is 0 Å². The molecule has 0 spiro atoms. The molecule has 27 heavy (non-hydrogen) atoms. The van der Waals surface area contributed by atoms with Gasteiger partial charge in [0.1, 0.15) is 0 Å². The molecule has 2 heterocycles. The lowest BCUT2D eigenvalue weighted by Crippen LogP contribution is -2.37. The first-order valence-electron chi connectivity index (χ1n) is 7.57. The molecule has 0 bridgehead atoms. The first kappa shape index (κ1) is 19.9. The van der Waals surface area contributed by atoms with E-state index in [-0.39, 0.29) is 12.4 Å². The molecule has 3 aromatic rings. The van der Waals surface area contributed by atoms with Crippen molar-refractivity contribution in [2.45, 2.75) is 25.4 Å². The summed E-state index contributed by atoms with van der Waals surface area (Å²) in [4.78, 5) is 13.3. The predicted octanol–water partition coefficient (Wildman–Crippen LogP) is 4.05. The highest BCUT2D eigenvalue weighted by atomic mass is 35.5. The molecule has 11 heteroatoms. The number of benzene rings is 1. The third-order valence-electron chi connectivity index (χ3n) is 3.69. The van der Waals surface area contributed by atoms with Gasteiger partial charge in [-0.1, -0.05) is 23.2 Å². The molecule has 0 fully saturated rings. The van der Waals surface area contributed by atoms with Crippen molar-refractivity contribution in [1.82, 2.24) is 14.3 Å². The van der Waals surface area contributed by atoms with Gasteiger partial charge in [0.25, 0.3) is 0 Å². The van der Waals surface area contributed by atoms with E-state index in [2.05, 4.69) is 5.10 Å². The van der Waals surface area contributed by atoms with E-state index in [1.54, 1.807) is 12.1 Å². The van der Waals surface area contributed by atoms with Gasteiger partial charge in [0, 0.05) is 15.5 Å². The van der Waals surface area contributed by atoms with E-state index >= 15 is 0 Å². The number of thiophene rings is 1. The van der Waals surface area contributed by atoms with Crippen LogP contribution in [-0.4, -0.2) is 31.7 Å². The minimum atomic E-state index is -4.86. The number of hydrogen-bond acceptors (Lipinski definition) is 4.